The van der Waals surface area contributed by atoms with Crippen LogP contribution in [0.25, 0.3) is 11.3 Å². The molecule has 0 atom stereocenters. The van der Waals surface area contributed by atoms with Crippen molar-refractivity contribution in [3.8, 4) is 11.3 Å². The van der Waals surface area contributed by atoms with Gasteiger partial charge in [0.1, 0.15) is 5.69 Å². The molecule has 4 heteroatoms. The third-order valence-corrected chi connectivity index (χ3v) is 2.88. The molecular weight excluding hydrogens is 248 g/mol. The Bertz CT molecular complexity index is 529. The van der Waals surface area contributed by atoms with Gasteiger partial charge in [-0.2, -0.15) is 0 Å². The number of hydrogen-bond acceptors (Lipinski definition) is 3. The van der Waals surface area contributed by atoms with Crippen LogP contribution in [0.3, 0.4) is 0 Å². The van der Waals surface area contributed by atoms with E-state index in [9.17, 15) is 0 Å². The van der Waals surface area contributed by atoms with E-state index in [1.165, 1.54) is 6.39 Å². The Morgan fingerprint density at radius 1 is 1.28 bits per heavy atom. The maximum atomic E-state index is 6.17. The highest BCUT2D eigenvalue weighted by atomic mass is 35.5. The highest BCUT2D eigenvalue weighted by Gasteiger charge is 2.16. The highest BCUT2D eigenvalue weighted by molar-refractivity contribution is 6.33. The van der Waals surface area contributed by atoms with Crippen molar-refractivity contribution in [3.05, 3.63) is 41.4 Å². The first-order valence-electron chi connectivity index (χ1n) is 5.90. The first-order valence-corrected chi connectivity index (χ1v) is 6.27. The van der Waals surface area contributed by atoms with Crippen LogP contribution in [0, 0.1) is 0 Å². The van der Waals surface area contributed by atoms with Gasteiger partial charge in [-0.15, -0.1) is 0 Å². The van der Waals surface area contributed by atoms with E-state index >= 15 is 0 Å². The number of halogens is 1. The summed E-state index contributed by atoms with van der Waals surface area (Å²) < 4.78 is 5.46. The maximum Gasteiger partial charge on any atom is 0.181 e. The largest absolute Gasteiger partial charge is 0.443 e. The Morgan fingerprint density at radius 2 is 2.00 bits per heavy atom. The second-order valence-corrected chi connectivity index (χ2v) is 5.62. The van der Waals surface area contributed by atoms with Gasteiger partial charge >= 0.3 is 0 Å². The molecule has 0 aliphatic heterocycles. The van der Waals surface area contributed by atoms with Crippen LogP contribution in [0.1, 0.15) is 26.5 Å². The van der Waals surface area contributed by atoms with Gasteiger partial charge in [0, 0.05) is 17.6 Å². The summed E-state index contributed by atoms with van der Waals surface area (Å²) in [5, 5.41) is 4.06. The Labute approximate surface area is 112 Å². The molecule has 18 heavy (non-hydrogen) atoms. The molecule has 1 N–H and O–H groups in total. The van der Waals surface area contributed by atoms with Crippen LogP contribution >= 0.6 is 11.6 Å². The fourth-order valence-corrected chi connectivity index (χ4v) is 1.83. The lowest BCUT2D eigenvalue weighted by molar-refractivity contribution is 0.421. The van der Waals surface area contributed by atoms with Crippen LogP contribution in [-0.4, -0.2) is 10.5 Å². The van der Waals surface area contributed by atoms with Crippen LogP contribution in [0.2, 0.25) is 5.02 Å². The summed E-state index contributed by atoms with van der Waals surface area (Å²) in [5.41, 5.74) is 1.79. The Morgan fingerprint density at radius 3 is 2.67 bits per heavy atom. The summed E-state index contributed by atoms with van der Waals surface area (Å²) >= 11 is 6.17. The molecule has 0 saturated carbocycles. The van der Waals surface area contributed by atoms with Crippen molar-refractivity contribution in [2.75, 3.05) is 0 Å². The number of aromatic nitrogens is 1. The van der Waals surface area contributed by atoms with Crippen molar-refractivity contribution < 1.29 is 4.42 Å². The van der Waals surface area contributed by atoms with Crippen molar-refractivity contribution in [2.45, 2.75) is 32.9 Å². The molecule has 2 rings (SSSR count). The van der Waals surface area contributed by atoms with Gasteiger partial charge < -0.3 is 9.73 Å². The smallest absolute Gasteiger partial charge is 0.181 e. The van der Waals surface area contributed by atoms with E-state index in [2.05, 4.69) is 31.1 Å². The Kier molecular flexibility index (Phi) is 3.73. The maximum absolute atomic E-state index is 6.17. The molecule has 0 saturated heterocycles. The average Bonchev–Trinajstić information content (AvgIpc) is 2.74. The Balaban J connectivity index is 2.26. The van der Waals surface area contributed by atoms with E-state index in [4.69, 9.17) is 16.0 Å². The molecule has 0 fully saturated rings. The number of benzene rings is 1. The van der Waals surface area contributed by atoms with E-state index in [0.29, 0.717) is 11.6 Å². The second kappa shape index (κ2) is 5.12. The van der Waals surface area contributed by atoms with E-state index in [1.54, 1.807) is 0 Å². The second-order valence-electron chi connectivity index (χ2n) is 5.21. The van der Waals surface area contributed by atoms with Crippen LogP contribution < -0.4 is 5.32 Å². The minimum Gasteiger partial charge on any atom is -0.443 e. The van der Waals surface area contributed by atoms with Crippen molar-refractivity contribution in [3.63, 3.8) is 0 Å². The Hall–Kier alpha value is -1.32. The lowest BCUT2D eigenvalue weighted by Crippen LogP contribution is -2.35. The van der Waals surface area contributed by atoms with Gasteiger partial charge in [0.05, 0.1) is 5.02 Å². The zero-order chi connectivity index (χ0) is 13.2. The topological polar surface area (TPSA) is 38.1 Å². The van der Waals surface area contributed by atoms with Crippen LogP contribution in [0.4, 0.5) is 0 Å². The SMILES string of the molecule is CC(C)(C)NCc1ncoc1-c1ccccc1Cl. The van der Waals surface area contributed by atoms with Gasteiger partial charge in [-0.05, 0) is 32.9 Å². The summed E-state index contributed by atoms with van der Waals surface area (Å²) in [4.78, 5) is 4.25. The monoisotopic (exact) mass is 264 g/mol. The minimum atomic E-state index is 0.0384. The first-order chi connectivity index (χ1) is 8.47. The zero-order valence-electron chi connectivity index (χ0n) is 10.8. The number of nitrogens with zero attached hydrogens (tertiary/aromatic N) is 1. The van der Waals surface area contributed by atoms with Crippen LogP contribution in [-0.2, 0) is 6.54 Å². The lowest BCUT2D eigenvalue weighted by Gasteiger charge is -2.19. The number of hydrogen-bond donors (Lipinski definition) is 1. The summed E-state index contributed by atoms with van der Waals surface area (Å²) in [6.45, 7) is 6.99. The van der Waals surface area contributed by atoms with Crippen molar-refractivity contribution in [1.29, 1.82) is 0 Å². The van der Waals surface area contributed by atoms with E-state index in [1.807, 2.05) is 24.3 Å². The van der Waals surface area contributed by atoms with Crippen molar-refractivity contribution in [2.24, 2.45) is 0 Å². The predicted octanol–water partition coefficient (Wildman–Crippen LogP) is 3.88. The molecule has 0 unspecified atom stereocenters. The molecule has 3 nitrogen and oxygen atoms in total. The van der Waals surface area contributed by atoms with Crippen molar-refractivity contribution in [1.82, 2.24) is 10.3 Å². The molecule has 0 aliphatic rings. The molecule has 0 radical (unpaired) electrons. The molecule has 96 valence electrons. The molecule has 1 aromatic carbocycles. The van der Waals surface area contributed by atoms with Crippen molar-refractivity contribution >= 4 is 11.6 Å². The van der Waals surface area contributed by atoms with E-state index in [-0.39, 0.29) is 5.54 Å². The van der Waals surface area contributed by atoms with E-state index < -0.39 is 0 Å². The molecule has 2 aromatic rings. The van der Waals surface area contributed by atoms with Gasteiger partial charge in [0.15, 0.2) is 12.2 Å². The highest BCUT2D eigenvalue weighted by Crippen LogP contribution is 2.29. The summed E-state index contributed by atoms with van der Waals surface area (Å²) in [5.74, 6) is 0.734. The summed E-state index contributed by atoms with van der Waals surface area (Å²) in [6, 6.07) is 7.61. The normalized spacial score (nSPS) is 11.8. The third kappa shape index (κ3) is 3.12. The lowest BCUT2D eigenvalue weighted by atomic mass is 10.1. The zero-order valence-corrected chi connectivity index (χ0v) is 11.6. The van der Waals surface area contributed by atoms with Gasteiger partial charge in [-0.3, -0.25) is 0 Å². The molecule has 0 bridgehead atoms. The van der Waals surface area contributed by atoms with Crippen LogP contribution in [0.15, 0.2) is 35.1 Å². The minimum absolute atomic E-state index is 0.0384. The molecule has 1 heterocycles. The summed E-state index contributed by atoms with van der Waals surface area (Å²) in [6.07, 6.45) is 1.46. The fraction of sp³-hybridized carbons (Fsp3) is 0.357. The first kappa shape index (κ1) is 13.1. The fourth-order valence-electron chi connectivity index (χ4n) is 1.61. The number of oxazole rings is 1. The van der Waals surface area contributed by atoms with E-state index in [0.717, 1.165) is 17.0 Å². The van der Waals surface area contributed by atoms with Gasteiger partial charge in [0.2, 0.25) is 0 Å². The molecule has 0 aliphatic carbocycles. The van der Waals surface area contributed by atoms with Gasteiger partial charge in [-0.1, -0.05) is 23.7 Å². The van der Waals surface area contributed by atoms with Gasteiger partial charge in [0.25, 0.3) is 0 Å². The quantitative estimate of drug-likeness (QED) is 0.914. The van der Waals surface area contributed by atoms with Crippen LogP contribution in [0.5, 0.6) is 0 Å². The molecule has 1 aromatic heterocycles. The molecular formula is C14H17ClN2O. The van der Waals surface area contributed by atoms with Gasteiger partial charge in [-0.25, -0.2) is 4.98 Å². The molecule has 0 amide bonds. The third-order valence-electron chi connectivity index (χ3n) is 2.55. The number of rotatable bonds is 3. The number of nitrogens with one attached hydrogen (secondary N) is 1. The average molecular weight is 265 g/mol. The molecule has 0 spiro atoms. The predicted molar refractivity (Wildman–Crippen MR) is 73.5 cm³/mol. The summed E-state index contributed by atoms with van der Waals surface area (Å²) in [7, 11) is 0. The standard InChI is InChI=1S/C14H17ClN2O/c1-14(2,3)17-8-12-13(18-9-16-12)10-6-4-5-7-11(10)15/h4-7,9,17H,8H2,1-3H3.